The molecule has 0 aromatic heterocycles. The molecule has 1 saturated heterocycles. The number of hydrogen-bond donors (Lipinski definition) is 6. The Morgan fingerprint density at radius 1 is 0.486 bits per heavy atom. The fourth-order valence-electron chi connectivity index (χ4n) is 8.27. The van der Waals surface area contributed by atoms with Crippen LogP contribution in [0.25, 0.3) is 0 Å². The largest absolute Gasteiger partial charge is 0.394 e. The molecular weight excluding hydrogens is 899 g/mol. The van der Waals surface area contributed by atoms with E-state index in [0.29, 0.717) is 6.42 Å². The van der Waals surface area contributed by atoms with E-state index in [9.17, 15) is 30.3 Å². The van der Waals surface area contributed by atoms with Gasteiger partial charge in [0, 0.05) is 6.42 Å². The molecular formula is C63H105NO8. The van der Waals surface area contributed by atoms with Gasteiger partial charge in [0.05, 0.1) is 25.4 Å². The van der Waals surface area contributed by atoms with Crippen molar-refractivity contribution in [1.82, 2.24) is 5.32 Å². The van der Waals surface area contributed by atoms with Crippen molar-refractivity contribution in [2.24, 2.45) is 0 Å². The molecule has 410 valence electrons. The van der Waals surface area contributed by atoms with Crippen molar-refractivity contribution >= 4 is 5.91 Å². The first-order valence-electron chi connectivity index (χ1n) is 28.8. The second-order valence-corrected chi connectivity index (χ2v) is 19.4. The molecule has 7 unspecified atom stereocenters. The van der Waals surface area contributed by atoms with Gasteiger partial charge in [-0.2, -0.15) is 0 Å². The second kappa shape index (κ2) is 51.1. The third-order valence-corrected chi connectivity index (χ3v) is 12.8. The number of carbonyl (C=O) groups is 1. The Morgan fingerprint density at radius 2 is 0.861 bits per heavy atom. The summed E-state index contributed by atoms with van der Waals surface area (Å²) in [5, 5.41) is 54.2. The van der Waals surface area contributed by atoms with Gasteiger partial charge in [0.2, 0.25) is 5.91 Å². The Hall–Kier alpha value is -3.41. The van der Waals surface area contributed by atoms with Crippen LogP contribution in [-0.4, -0.2) is 87.5 Å². The molecule has 9 heteroatoms. The summed E-state index contributed by atoms with van der Waals surface area (Å²) in [6.07, 6.45) is 69.9. The fraction of sp³-hybridized carbons (Fsp3) is 0.667. The van der Waals surface area contributed by atoms with Crippen LogP contribution in [0.2, 0.25) is 0 Å². The van der Waals surface area contributed by atoms with Crippen molar-refractivity contribution < 1.29 is 39.8 Å². The number of carbonyl (C=O) groups excluding carboxylic acids is 1. The number of rotatable bonds is 47. The number of nitrogens with one attached hydrogen (secondary N) is 1. The van der Waals surface area contributed by atoms with Gasteiger partial charge in [-0.15, -0.1) is 0 Å². The van der Waals surface area contributed by atoms with E-state index in [1.54, 1.807) is 6.08 Å². The summed E-state index contributed by atoms with van der Waals surface area (Å²) in [7, 11) is 0. The molecule has 0 saturated carbocycles. The Balaban J connectivity index is 2.11. The molecule has 7 atom stereocenters. The predicted molar refractivity (Wildman–Crippen MR) is 304 cm³/mol. The van der Waals surface area contributed by atoms with Crippen molar-refractivity contribution in [2.75, 3.05) is 13.2 Å². The topological polar surface area (TPSA) is 149 Å². The number of aliphatic hydroxyl groups excluding tert-OH is 5. The molecule has 1 aliphatic rings. The fourth-order valence-corrected chi connectivity index (χ4v) is 8.27. The van der Waals surface area contributed by atoms with Gasteiger partial charge in [-0.1, -0.05) is 238 Å². The smallest absolute Gasteiger partial charge is 0.220 e. The van der Waals surface area contributed by atoms with E-state index in [1.807, 2.05) is 6.08 Å². The van der Waals surface area contributed by atoms with Gasteiger partial charge in [0.1, 0.15) is 24.4 Å². The Kier molecular flexibility index (Phi) is 47.3. The molecule has 0 spiro atoms. The van der Waals surface area contributed by atoms with Crippen LogP contribution < -0.4 is 5.32 Å². The molecule has 72 heavy (non-hydrogen) atoms. The first-order valence-corrected chi connectivity index (χ1v) is 28.8. The standard InChI is InChI=1S/C63H105NO8/c1-3-5-7-9-11-13-15-16-17-18-19-20-21-22-23-24-25-26-27-28-29-30-31-32-33-34-35-36-37-38-39-40-41-42-43-45-47-49-51-53-59(67)64-56(55-71-63-62(70)61(69)60(68)58(54-65)72-63)57(66)52-50-48-46-44-14-12-10-8-6-4-2/h5,7,11,13,16-17,19-20,22-23,25-26,28-29,31-32,34-35,50,52,56-58,60-63,65-66,68-70H,3-4,6,8-10,12,14-15,18,21,24,27,30,33,36-49,51,53-55H2,1-2H3,(H,64,67)/b7-5-,13-11-,17-16-,20-19-,23-22-,26-25-,29-28-,32-31-,35-34-,52-50+. The van der Waals surface area contributed by atoms with Crippen LogP contribution in [0.3, 0.4) is 0 Å². The summed E-state index contributed by atoms with van der Waals surface area (Å²) in [6.45, 7) is 3.62. The van der Waals surface area contributed by atoms with E-state index < -0.39 is 49.5 Å². The van der Waals surface area contributed by atoms with Crippen LogP contribution in [0, 0.1) is 0 Å². The van der Waals surface area contributed by atoms with Crippen LogP contribution >= 0.6 is 0 Å². The predicted octanol–water partition coefficient (Wildman–Crippen LogP) is 14.3. The molecule has 0 aliphatic carbocycles. The third kappa shape index (κ3) is 40.0. The van der Waals surface area contributed by atoms with Crippen LogP contribution in [0.4, 0.5) is 0 Å². The maximum Gasteiger partial charge on any atom is 0.220 e. The highest BCUT2D eigenvalue weighted by Gasteiger charge is 2.44. The average molecular weight is 1000 g/mol. The number of aliphatic hydroxyl groups is 5. The van der Waals surface area contributed by atoms with Gasteiger partial charge in [0.15, 0.2) is 6.29 Å². The molecule has 1 rings (SSSR count). The van der Waals surface area contributed by atoms with E-state index in [-0.39, 0.29) is 12.5 Å². The number of amides is 1. The van der Waals surface area contributed by atoms with Crippen LogP contribution in [0.15, 0.2) is 122 Å². The quantitative estimate of drug-likeness (QED) is 0.0261. The summed E-state index contributed by atoms with van der Waals surface area (Å²) >= 11 is 0. The minimum atomic E-state index is -1.57. The average Bonchev–Trinajstić information content (AvgIpc) is 3.38. The van der Waals surface area contributed by atoms with Gasteiger partial charge in [-0.05, 0) is 89.9 Å². The lowest BCUT2D eigenvalue weighted by Gasteiger charge is -2.40. The minimum Gasteiger partial charge on any atom is -0.394 e. The van der Waals surface area contributed by atoms with E-state index in [0.717, 1.165) is 103 Å². The molecule has 0 aromatic carbocycles. The Bertz CT molecular complexity index is 1540. The zero-order valence-corrected chi connectivity index (χ0v) is 45.4. The SMILES string of the molecule is CC/C=C\C/C=C\C/C=C\C/C=C\C/C=C\C/C=C\C/C=C\C/C=C\C/C=C\CCCCCCCCCCCCCC(=O)NC(COC1OC(CO)C(O)C(O)C1O)C(O)/C=C/CCCCCCCCCC. The summed E-state index contributed by atoms with van der Waals surface area (Å²) < 4.78 is 11.2. The summed E-state index contributed by atoms with van der Waals surface area (Å²) in [5.74, 6) is -0.187. The number of allylic oxidation sites excluding steroid dienone is 19. The van der Waals surface area contributed by atoms with Crippen molar-refractivity contribution in [3.63, 3.8) is 0 Å². The highest BCUT2D eigenvalue weighted by molar-refractivity contribution is 5.76. The zero-order valence-electron chi connectivity index (χ0n) is 45.4. The van der Waals surface area contributed by atoms with Gasteiger partial charge in [-0.3, -0.25) is 4.79 Å². The number of ether oxygens (including phenoxy) is 2. The van der Waals surface area contributed by atoms with Gasteiger partial charge < -0.3 is 40.3 Å². The second-order valence-electron chi connectivity index (χ2n) is 19.4. The highest BCUT2D eigenvalue weighted by Crippen LogP contribution is 2.23. The van der Waals surface area contributed by atoms with E-state index >= 15 is 0 Å². The van der Waals surface area contributed by atoms with Gasteiger partial charge in [0.25, 0.3) is 0 Å². The first kappa shape index (κ1) is 66.6. The maximum atomic E-state index is 13.0. The van der Waals surface area contributed by atoms with E-state index in [1.165, 1.54) is 89.9 Å². The van der Waals surface area contributed by atoms with Crippen molar-refractivity contribution in [3.8, 4) is 0 Å². The van der Waals surface area contributed by atoms with Crippen LogP contribution in [0.1, 0.15) is 213 Å². The first-order chi connectivity index (χ1) is 35.3. The molecule has 1 heterocycles. The lowest BCUT2D eigenvalue weighted by Crippen LogP contribution is -2.60. The van der Waals surface area contributed by atoms with Gasteiger partial charge in [-0.25, -0.2) is 0 Å². The molecule has 9 nitrogen and oxygen atoms in total. The zero-order chi connectivity index (χ0) is 52.2. The molecule has 1 aliphatic heterocycles. The number of unbranched alkanes of at least 4 members (excludes halogenated alkanes) is 19. The van der Waals surface area contributed by atoms with Crippen molar-refractivity contribution in [1.29, 1.82) is 0 Å². The molecule has 0 radical (unpaired) electrons. The highest BCUT2D eigenvalue weighted by atomic mass is 16.7. The van der Waals surface area contributed by atoms with Crippen LogP contribution in [0.5, 0.6) is 0 Å². The summed E-state index contributed by atoms with van der Waals surface area (Å²) in [4.78, 5) is 13.0. The van der Waals surface area contributed by atoms with Crippen molar-refractivity contribution in [2.45, 2.75) is 256 Å². The molecule has 1 amide bonds. The monoisotopic (exact) mass is 1000 g/mol. The minimum absolute atomic E-state index is 0.187. The lowest BCUT2D eigenvalue weighted by atomic mass is 9.99. The van der Waals surface area contributed by atoms with E-state index in [2.05, 4.69) is 129 Å². The molecule has 0 bridgehead atoms. The van der Waals surface area contributed by atoms with Gasteiger partial charge >= 0.3 is 0 Å². The third-order valence-electron chi connectivity index (χ3n) is 12.8. The summed E-state index contributed by atoms with van der Waals surface area (Å²) in [5.41, 5.74) is 0. The number of hydrogen-bond acceptors (Lipinski definition) is 8. The van der Waals surface area contributed by atoms with E-state index in [4.69, 9.17) is 9.47 Å². The molecule has 6 N–H and O–H groups in total. The maximum absolute atomic E-state index is 13.0. The summed E-state index contributed by atoms with van der Waals surface area (Å²) in [6, 6.07) is -0.812. The van der Waals surface area contributed by atoms with Crippen LogP contribution in [-0.2, 0) is 14.3 Å². The molecule has 1 fully saturated rings. The normalized spacial score (nSPS) is 20.1. The lowest BCUT2D eigenvalue weighted by molar-refractivity contribution is -0.302. The van der Waals surface area contributed by atoms with Crippen molar-refractivity contribution in [3.05, 3.63) is 122 Å². The Labute approximate surface area is 439 Å². The molecule has 0 aromatic rings. The Morgan fingerprint density at radius 3 is 1.28 bits per heavy atom.